The normalized spacial score (nSPS) is 11.8. The van der Waals surface area contributed by atoms with Crippen molar-refractivity contribution >= 4 is 68.1 Å². The summed E-state index contributed by atoms with van der Waals surface area (Å²) in [6, 6.07) is 3.42. The Morgan fingerprint density at radius 1 is 1.57 bits per heavy atom. The highest BCUT2D eigenvalue weighted by Crippen LogP contribution is 2.36. The van der Waals surface area contributed by atoms with Gasteiger partial charge in [-0.3, -0.25) is 4.79 Å². The molecule has 2 rings (SSSR count). The summed E-state index contributed by atoms with van der Waals surface area (Å²) in [6.45, 7) is 0. The third-order valence-electron chi connectivity index (χ3n) is 2.84. The molecule has 2 aromatic rings. The largest absolute Gasteiger partial charge is 0.452 e. The van der Waals surface area contributed by atoms with Crippen molar-refractivity contribution in [2.45, 2.75) is 0 Å². The van der Waals surface area contributed by atoms with Gasteiger partial charge in [-0.05, 0) is 22.0 Å². The lowest BCUT2D eigenvalue weighted by molar-refractivity contribution is 0.0963. The zero-order chi connectivity index (χ0) is 15.7. The molecule has 1 amide bonds. The zero-order valence-electron chi connectivity index (χ0n) is 11.0. The van der Waals surface area contributed by atoms with E-state index in [1.54, 1.807) is 23.5 Å². The second-order valence-corrected chi connectivity index (χ2v) is 5.91. The van der Waals surface area contributed by atoms with Crippen LogP contribution in [-0.2, 0) is 0 Å². The number of rotatable bonds is 3. The number of oxime groups is 1. The molecular weight excluding hydrogens is 382 g/mol. The number of benzene rings is 1. The van der Waals surface area contributed by atoms with Gasteiger partial charge in [-0.1, -0.05) is 29.6 Å². The molecule has 1 heterocycles. The van der Waals surface area contributed by atoms with Crippen LogP contribution in [0.1, 0.15) is 16.1 Å². The molecule has 9 heteroatoms. The number of halogens is 2. The quantitative estimate of drug-likeness (QED) is 0.324. The summed E-state index contributed by atoms with van der Waals surface area (Å²) >= 11 is 13.4. The van der Waals surface area contributed by atoms with E-state index in [4.69, 9.17) is 21.2 Å². The van der Waals surface area contributed by atoms with E-state index in [2.05, 4.69) is 39.2 Å². The molecule has 0 unspecified atom stereocenters. The smallest absolute Gasteiger partial charge is 0.255 e. The molecule has 0 aliphatic heterocycles. The van der Waals surface area contributed by atoms with Gasteiger partial charge in [-0.15, -0.1) is 0 Å². The third kappa shape index (κ3) is 2.83. The van der Waals surface area contributed by atoms with E-state index < -0.39 is 5.91 Å². The Labute approximate surface area is 139 Å². The minimum absolute atomic E-state index is 0.000570. The molecule has 6 nitrogen and oxygen atoms in total. The summed E-state index contributed by atoms with van der Waals surface area (Å²) in [5.41, 5.74) is 1.36. The van der Waals surface area contributed by atoms with Crippen LogP contribution in [0, 0.1) is 0 Å². The lowest BCUT2D eigenvalue weighted by Gasteiger charge is -2.12. The van der Waals surface area contributed by atoms with E-state index in [9.17, 15) is 4.79 Å². The number of nitrogens with zero attached hydrogens (tertiary/aromatic N) is 2. The maximum Gasteiger partial charge on any atom is 0.255 e. The highest BCUT2D eigenvalue weighted by Gasteiger charge is 2.24. The van der Waals surface area contributed by atoms with Crippen molar-refractivity contribution in [2.75, 3.05) is 18.4 Å². The van der Waals surface area contributed by atoms with Crippen molar-refractivity contribution in [3.63, 3.8) is 0 Å². The van der Waals surface area contributed by atoms with Gasteiger partial charge in [0.1, 0.15) is 5.58 Å². The number of hydrogen-bond acceptors (Lipinski definition) is 6. The molecular formula is C12H11BrClN3O3S. The van der Waals surface area contributed by atoms with Crippen LogP contribution in [0.15, 0.2) is 26.2 Å². The Morgan fingerprint density at radius 2 is 2.24 bits per heavy atom. The molecule has 0 atom stereocenters. The van der Waals surface area contributed by atoms with Gasteiger partial charge in [0.05, 0.1) is 11.3 Å². The van der Waals surface area contributed by atoms with Crippen LogP contribution in [-0.4, -0.2) is 30.4 Å². The first kappa shape index (κ1) is 16.0. The van der Waals surface area contributed by atoms with Crippen molar-refractivity contribution in [3.8, 4) is 0 Å². The molecule has 0 fully saturated rings. The molecule has 0 spiro atoms. The van der Waals surface area contributed by atoms with Gasteiger partial charge < -0.3 is 19.2 Å². The summed E-state index contributed by atoms with van der Waals surface area (Å²) in [7, 11) is 3.24. The van der Waals surface area contributed by atoms with Gasteiger partial charge in [0.2, 0.25) is 5.17 Å². The number of carbonyl (C=O) groups is 1. The Bertz CT molecular complexity index is 745. The van der Waals surface area contributed by atoms with E-state index in [0.29, 0.717) is 11.0 Å². The first-order valence-corrected chi connectivity index (χ1v) is 7.26. The molecule has 0 saturated heterocycles. The van der Waals surface area contributed by atoms with Crippen molar-refractivity contribution in [1.29, 1.82) is 0 Å². The predicted molar refractivity (Wildman–Crippen MR) is 88.9 cm³/mol. The van der Waals surface area contributed by atoms with Crippen LogP contribution in [0.2, 0.25) is 0 Å². The van der Waals surface area contributed by atoms with Gasteiger partial charge in [0.15, 0.2) is 5.76 Å². The van der Waals surface area contributed by atoms with Gasteiger partial charge in [0.25, 0.3) is 5.91 Å². The zero-order valence-corrected chi connectivity index (χ0v) is 14.3. The van der Waals surface area contributed by atoms with E-state index >= 15 is 0 Å². The number of furan rings is 1. The number of thiol groups is 1. The molecule has 0 saturated carbocycles. The lowest BCUT2D eigenvalue weighted by Crippen LogP contribution is -2.19. The SMILES string of the molecule is CNC(=O)c1c(/C(Cl)=N/O)oc2cc(N(C)S)c(Br)cc12. The van der Waals surface area contributed by atoms with Crippen LogP contribution < -0.4 is 9.62 Å². The molecule has 21 heavy (non-hydrogen) atoms. The van der Waals surface area contributed by atoms with Gasteiger partial charge in [-0.25, -0.2) is 0 Å². The molecule has 1 aromatic heterocycles. The third-order valence-corrected chi connectivity index (χ3v) is 3.93. The number of amides is 1. The van der Waals surface area contributed by atoms with Crippen LogP contribution in [0.3, 0.4) is 0 Å². The number of fused-ring (bicyclic) bond motifs is 1. The maximum absolute atomic E-state index is 12.1. The average molecular weight is 393 g/mol. The average Bonchev–Trinajstić information content (AvgIpc) is 2.82. The standard InChI is InChI=1S/C12H11BrClN3O3S/c1-15-12(18)9-5-3-6(13)7(17(2)21)4-8(5)20-10(9)11(14)16-19/h3-4,19,21H,1-2H3,(H,15,18)/b16-11-. The molecule has 0 aliphatic rings. The second kappa shape index (κ2) is 6.17. The topological polar surface area (TPSA) is 78.1 Å². The van der Waals surface area contributed by atoms with E-state index in [-0.39, 0.29) is 16.5 Å². The number of nitrogens with one attached hydrogen (secondary N) is 1. The summed E-state index contributed by atoms with van der Waals surface area (Å²) in [6.07, 6.45) is 0. The van der Waals surface area contributed by atoms with E-state index in [1.165, 1.54) is 7.05 Å². The van der Waals surface area contributed by atoms with E-state index in [1.807, 2.05) is 0 Å². The van der Waals surface area contributed by atoms with Gasteiger partial charge in [0, 0.05) is 30.0 Å². The van der Waals surface area contributed by atoms with Crippen LogP contribution in [0.25, 0.3) is 11.0 Å². The Balaban J connectivity index is 2.83. The highest BCUT2D eigenvalue weighted by atomic mass is 79.9. The van der Waals surface area contributed by atoms with Crippen LogP contribution in [0.5, 0.6) is 0 Å². The molecule has 0 bridgehead atoms. The molecule has 1 aromatic carbocycles. The Hall–Kier alpha value is -1.38. The molecule has 2 N–H and O–H groups in total. The first-order valence-electron chi connectivity index (χ1n) is 5.69. The van der Waals surface area contributed by atoms with Crippen LogP contribution >= 0.6 is 40.3 Å². The number of hydrogen-bond donors (Lipinski definition) is 3. The number of carbonyl (C=O) groups excluding carboxylic acids is 1. The van der Waals surface area contributed by atoms with Crippen molar-refractivity contribution < 1.29 is 14.4 Å². The van der Waals surface area contributed by atoms with Gasteiger partial charge in [-0.2, -0.15) is 0 Å². The molecule has 0 radical (unpaired) electrons. The lowest BCUT2D eigenvalue weighted by atomic mass is 10.1. The van der Waals surface area contributed by atoms with Crippen LogP contribution in [0.4, 0.5) is 5.69 Å². The molecule has 0 aliphatic carbocycles. The second-order valence-electron chi connectivity index (χ2n) is 4.10. The fourth-order valence-electron chi connectivity index (χ4n) is 1.89. The summed E-state index contributed by atoms with van der Waals surface area (Å²) in [5.74, 6) is -0.399. The van der Waals surface area contributed by atoms with Crippen molar-refractivity contribution in [3.05, 3.63) is 27.9 Å². The minimum atomic E-state index is -0.399. The summed E-state index contributed by atoms with van der Waals surface area (Å²) in [5, 5.41) is 14.4. The number of anilines is 1. The molecule has 112 valence electrons. The first-order chi connectivity index (χ1) is 9.90. The minimum Gasteiger partial charge on any atom is -0.452 e. The Morgan fingerprint density at radius 3 is 2.76 bits per heavy atom. The fraction of sp³-hybridized carbons (Fsp3) is 0.167. The predicted octanol–water partition coefficient (Wildman–Crippen LogP) is 3.21. The van der Waals surface area contributed by atoms with Crippen molar-refractivity contribution in [1.82, 2.24) is 5.32 Å². The highest BCUT2D eigenvalue weighted by molar-refractivity contribution is 9.10. The van der Waals surface area contributed by atoms with E-state index in [0.717, 1.165) is 10.2 Å². The Kier molecular flexibility index (Phi) is 4.70. The van der Waals surface area contributed by atoms with Gasteiger partial charge >= 0.3 is 0 Å². The van der Waals surface area contributed by atoms with Crippen molar-refractivity contribution in [2.24, 2.45) is 5.16 Å². The summed E-state index contributed by atoms with van der Waals surface area (Å²) in [4.78, 5) is 12.1. The maximum atomic E-state index is 12.1. The fourth-order valence-corrected chi connectivity index (χ4v) is 2.94. The summed E-state index contributed by atoms with van der Waals surface area (Å²) < 4.78 is 7.87. The monoisotopic (exact) mass is 391 g/mol.